The fourth-order valence-electron chi connectivity index (χ4n) is 11.1. The Bertz CT molecular complexity index is 2720. The largest absolute Gasteiger partial charge is 0.497 e. The molecular weight excluding hydrogens is 779 g/mol. The predicted molar refractivity (Wildman–Crippen MR) is 240 cm³/mol. The first-order valence-corrected chi connectivity index (χ1v) is 24.3. The Morgan fingerprint density at radius 3 is 2.31 bits per heavy atom. The van der Waals surface area contributed by atoms with Crippen LogP contribution in [0.1, 0.15) is 46.0 Å². The molecule has 1 fully saturated rings. The van der Waals surface area contributed by atoms with Crippen molar-refractivity contribution in [3.63, 3.8) is 0 Å². The van der Waals surface area contributed by atoms with Crippen LogP contribution in [0, 0.1) is 5.92 Å². The summed E-state index contributed by atoms with van der Waals surface area (Å²) in [6, 6.07) is 43.5. The molecule has 308 valence electrons. The van der Waals surface area contributed by atoms with E-state index in [1.165, 1.54) is 0 Å². The Hall–Kier alpha value is -6.07. The number of amides is 3. The first kappa shape index (κ1) is 39.1. The fourth-order valence-corrected chi connectivity index (χ4v) is 15.1. The first-order chi connectivity index (χ1) is 29.5. The van der Waals surface area contributed by atoms with E-state index in [-0.39, 0.29) is 48.3 Å². The van der Waals surface area contributed by atoms with Crippen molar-refractivity contribution in [3.8, 4) is 5.75 Å². The van der Waals surface area contributed by atoms with Crippen LogP contribution in [0.2, 0.25) is 18.6 Å². The number of aliphatic hydroxyl groups excluding tert-OH is 1. The fraction of sp³-hybridized carbons (Fsp3) is 0.275. The van der Waals surface area contributed by atoms with E-state index < -0.39 is 19.8 Å². The molecule has 4 aliphatic heterocycles. The maximum absolute atomic E-state index is 15.7. The van der Waals surface area contributed by atoms with Crippen molar-refractivity contribution in [2.75, 3.05) is 23.5 Å². The van der Waals surface area contributed by atoms with Gasteiger partial charge in [-0.25, -0.2) is 0 Å². The summed E-state index contributed by atoms with van der Waals surface area (Å²) in [6.45, 7) is 7.31. The van der Waals surface area contributed by atoms with Crippen LogP contribution in [-0.2, 0) is 39.4 Å². The Labute approximate surface area is 357 Å². The minimum atomic E-state index is -2.61. The number of hydrogen-bond donors (Lipinski definition) is 1. The number of fused-ring (bicyclic) bond motifs is 3. The van der Waals surface area contributed by atoms with E-state index in [4.69, 9.17) is 9.47 Å². The summed E-state index contributed by atoms with van der Waals surface area (Å²) in [6.07, 6.45) is -0.0213. The topological polar surface area (TPSA) is 99.6 Å². The molecule has 0 unspecified atom stereocenters. The van der Waals surface area contributed by atoms with E-state index in [0.29, 0.717) is 36.3 Å². The Balaban J connectivity index is 1.11. The lowest BCUT2D eigenvalue weighted by Crippen LogP contribution is -2.52. The lowest BCUT2D eigenvalue weighted by atomic mass is 9.82. The van der Waals surface area contributed by atoms with Gasteiger partial charge in [-0.05, 0) is 76.5 Å². The summed E-state index contributed by atoms with van der Waals surface area (Å²) in [5, 5.41) is 13.7. The van der Waals surface area contributed by atoms with Crippen molar-refractivity contribution < 1.29 is 29.0 Å². The van der Waals surface area contributed by atoms with Gasteiger partial charge in [0.1, 0.15) is 5.75 Å². The number of methoxy groups -OCH3 is 1. The van der Waals surface area contributed by atoms with Crippen molar-refractivity contribution >= 4 is 58.8 Å². The second-order valence-corrected chi connectivity index (χ2v) is 22.3. The number of carbonyl (C=O) groups excluding carboxylic acids is 3. The van der Waals surface area contributed by atoms with Crippen LogP contribution in [0.15, 0.2) is 133 Å². The molecule has 1 N–H and O–H groups in total. The summed E-state index contributed by atoms with van der Waals surface area (Å²) < 4.78 is 13.0. The average Bonchev–Trinajstić information content (AvgIpc) is 3.84. The molecule has 3 amide bonds. The minimum Gasteiger partial charge on any atom is -0.497 e. The molecule has 9 nitrogen and oxygen atoms in total. The number of aliphatic hydroxyl groups is 1. The van der Waals surface area contributed by atoms with E-state index in [9.17, 15) is 14.7 Å². The number of carbonyl (C=O) groups is 3. The van der Waals surface area contributed by atoms with E-state index in [1.807, 2.05) is 125 Å². The molecule has 0 bridgehead atoms. The van der Waals surface area contributed by atoms with Gasteiger partial charge in [-0.2, -0.15) is 0 Å². The second-order valence-electron chi connectivity index (χ2n) is 17.6. The number of anilines is 3. The summed E-state index contributed by atoms with van der Waals surface area (Å²) in [5.74, 6) is -0.0223. The third kappa shape index (κ3) is 6.06. The van der Waals surface area contributed by atoms with Crippen LogP contribution in [-0.4, -0.2) is 61.7 Å². The van der Waals surface area contributed by atoms with Gasteiger partial charge >= 0.3 is 0 Å². The quantitative estimate of drug-likeness (QED) is 0.148. The SMILES string of the molecule is COc1ccc([Si](C)(C)[C@H]2[C@H](CC(=O)N3Cc4ccccc4C[C@H]3CO)O[C@@]3(C(=O)N(Cc4ccccc4)c4ccc(N5C(=O)c6cccc7cccc5c67)cc43)[C@@H]2C)cc1. The molecule has 10 rings (SSSR count). The number of hydrogen-bond acceptors (Lipinski definition) is 6. The standard InChI is InChI=1S/C51H49N3O6Si/c1-32-48(61(3,4)40-23-21-39(59-2)22-24-40)45(28-46(56)52-30-36-15-9-8-14-35(36)26-38(52)31-55)60-51(32)42-27-37(20-25-43(42)53(50(51)58)29-33-12-6-5-7-13-33)54-44-19-11-17-34-16-10-18-41(47(34)44)49(54)57/h5-25,27,32,38,45,48,55H,26,28-31H2,1-4H3/t32-,38+,45+,48-,51+/m1/s1. The highest BCUT2D eigenvalue weighted by Crippen LogP contribution is 2.61. The maximum atomic E-state index is 15.7. The summed E-state index contributed by atoms with van der Waals surface area (Å²) in [7, 11) is -0.955. The molecule has 4 aliphatic rings. The molecule has 1 spiro atoms. The second kappa shape index (κ2) is 14.8. The highest BCUT2D eigenvalue weighted by atomic mass is 28.3. The summed E-state index contributed by atoms with van der Waals surface area (Å²) >= 11 is 0. The van der Waals surface area contributed by atoms with Crippen molar-refractivity contribution in [2.24, 2.45) is 5.92 Å². The van der Waals surface area contributed by atoms with Gasteiger partial charge in [0.25, 0.3) is 11.8 Å². The molecule has 10 heteroatoms. The first-order valence-electron chi connectivity index (χ1n) is 21.2. The van der Waals surface area contributed by atoms with Crippen molar-refractivity contribution in [1.29, 1.82) is 0 Å². The van der Waals surface area contributed by atoms with Crippen LogP contribution in [0.5, 0.6) is 5.75 Å². The van der Waals surface area contributed by atoms with Gasteiger partial charge in [-0.3, -0.25) is 19.3 Å². The molecule has 4 heterocycles. The van der Waals surface area contributed by atoms with E-state index in [2.05, 4.69) is 38.2 Å². The van der Waals surface area contributed by atoms with Crippen LogP contribution in [0.3, 0.4) is 0 Å². The monoisotopic (exact) mass is 827 g/mol. The van der Waals surface area contributed by atoms with E-state index >= 15 is 4.79 Å². The molecule has 61 heavy (non-hydrogen) atoms. The van der Waals surface area contributed by atoms with Gasteiger partial charge in [0.15, 0.2) is 5.60 Å². The van der Waals surface area contributed by atoms with Crippen LogP contribution in [0.25, 0.3) is 10.8 Å². The van der Waals surface area contributed by atoms with Crippen LogP contribution in [0.4, 0.5) is 17.1 Å². The molecular formula is C51H49N3O6Si. The molecule has 0 saturated carbocycles. The molecule has 0 aliphatic carbocycles. The lowest BCUT2D eigenvalue weighted by Gasteiger charge is -2.39. The van der Waals surface area contributed by atoms with Crippen molar-refractivity contribution in [2.45, 2.75) is 69.2 Å². The maximum Gasteiger partial charge on any atom is 0.264 e. The number of ether oxygens (including phenoxy) is 2. The zero-order chi connectivity index (χ0) is 42.2. The Morgan fingerprint density at radius 2 is 1.57 bits per heavy atom. The van der Waals surface area contributed by atoms with Gasteiger partial charge in [-0.15, -0.1) is 0 Å². The zero-order valence-electron chi connectivity index (χ0n) is 34.9. The number of benzene rings is 6. The third-order valence-corrected chi connectivity index (χ3v) is 18.4. The van der Waals surface area contributed by atoms with Gasteiger partial charge < -0.3 is 24.4 Å². The lowest BCUT2D eigenvalue weighted by molar-refractivity contribution is -0.151. The predicted octanol–water partition coefficient (Wildman–Crippen LogP) is 8.24. The highest BCUT2D eigenvalue weighted by Gasteiger charge is 2.66. The molecule has 0 radical (unpaired) electrons. The highest BCUT2D eigenvalue weighted by molar-refractivity contribution is 6.91. The molecule has 0 aromatic heterocycles. The Kier molecular flexibility index (Phi) is 9.50. The van der Waals surface area contributed by atoms with Gasteiger partial charge in [0.2, 0.25) is 5.91 Å². The van der Waals surface area contributed by atoms with E-state index in [1.54, 1.807) is 12.0 Å². The number of rotatable bonds is 9. The normalized spacial score (nSPS) is 22.9. The molecule has 5 atom stereocenters. The van der Waals surface area contributed by atoms with Crippen LogP contribution < -0.4 is 19.7 Å². The number of nitrogens with zero attached hydrogens (tertiary/aromatic N) is 3. The smallest absolute Gasteiger partial charge is 0.264 e. The minimum absolute atomic E-state index is 0.0465. The molecule has 6 aromatic carbocycles. The average molecular weight is 828 g/mol. The van der Waals surface area contributed by atoms with E-state index in [0.717, 1.165) is 49.8 Å². The van der Waals surface area contributed by atoms with Gasteiger partial charge in [-0.1, -0.05) is 116 Å². The Morgan fingerprint density at radius 1 is 0.852 bits per heavy atom. The van der Waals surface area contributed by atoms with Gasteiger partial charge in [0.05, 0.1) is 63.8 Å². The third-order valence-electron chi connectivity index (χ3n) is 14.1. The summed E-state index contributed by atoms with van der Waals surface area (Å²) in [4.78, 5) is 50.2. The molecule has 6 aromatic rings. The summed E-state index contributed by atoms with van der Waals surface area (Å²) in [5.41, 5.74) is 5.05. The molecule has 1 saturated heterocycles. The van der Waals surface area contributed by atoms with Gasteiger partial charge in [0, 0.05) is 29.1 Å². The van der Waals surface area contributed by atoms with Crippen molar-refractivity contribution in [3.05, 3.63) is 161 Å². The zero-order valence-corrected chi connectivity index (χ0v) is 35.9. The van der Waals surface area contributed by atoms with Crippen LogP contribution >= 0.6 is 0 Å². The van der Waals surface area contributed by atoms with Crippen molar-refractivity contribution in [1.82, 2.24) is 4.90 Å².